The molecule has 0 atom stereocenters. The number of furan rings is 1. The molecule has 5 nitrogen and oxygen atoms in total. The quantitative estimate of drug-likeness (QED) is 0.631. The Balaban J connectivity index is 1.65. The summed E-state index contributed by atoms with van der Waals surface area (Å²) < 4.78 is 10.6. The lowest BCUT2D eigenvalue weighted by Crippen LogP contribution is -2.25. The molecule has 21 heavy (non-hydrogen) atoms. The summed E-state index contributed by atoms with van der Waals surface area (Å²) in [6.45, 7) is 3.33. The van der Waals surface area contributed by atoms with E-state index in [4.69, 9.17) is 20.8 Å². The second kappa shape index (κ2) is 7.81. The monoisotopic (exact) mass is 308 g/mol. The molecule has 0 spiro atoms. The van der Waals surface area contributed by atoms with Gasteiger partial charge in [-0.1, -0.05) is 11.6 Å². The average molecular weight is 309 g/mol. The van der Waals surface area contributed by atoms with Crippen LogP contribution in [0.3, 0.4) is 0 Å². The molecule has 0 aromatic carbocycles. The molecule has 0 radical (unpaired) electrons. The summed E-state index contributed by atoms with van der Waals surface area (Å²) in [7, 11) is 0. The Bertz CT molecular complexity index is 564. The van der Waals surface area contributed by atoms with Gasteiger partial charge in [-0.15, -0.1) is 0 Å². The van der Waals surface area contributed by atoms with Gasteiger partial charge in [-0.2, -0.15) is 0 Å². The highest BCUT2D eigenvalue weighted by Crippen LogP contribution is 2.10. The van der Waals surface area contributed by atoms with Gasteiger partial charge in [-0.25, -0.2) is 4.98 Å². The third-order valence-corrected chi connectivity index (χ3v) is 2.95. The lowest BCUT2D eigenvalue weighted by Gasteiger charge is -2.06. The second-order valence-corrected chi connectivity index (χ2v) is 4.95. The van der Waals surface area contributed by atoms with Crippen LogP contribution < -0.4 is 5.32 Å². The molecular weight excluding hydrogens is 292 g/mol. The minimum absolute atomic E-state index is 0.159. The fourth-order valence-electron chi connectivity index (χ4n) is 1.80. The molecule has 2 rings (SSSR count). The number of rotatable bonds is 7. The van der Waals surface area contributed by atoms with Gasteiger partial charge in [0.1, 0.15) is 17.5 Å². The van der Waals surface area contributed by atoms with Crippen LogP contribution in [0.15, 0.2) is 34.9 Å². The van der Waals surface area contributed by atoms with E-state index in [-0.39, 0.29) is 5.91 Å². The minimum Gasteiger partial charge on any atom is -0.467 e. The number of ether oxygens (including phenoxy) is 1. The Morgan fingerprint density at radius 1 is 1.48 bits per heavy atom. The summed E-state index contributed by atoms with van der Waals surface area (Å²) in [5.74, 6) is 0.634. The van der Waals surface area contributed by atoms with Crippen LogP contribution in [0.1, 0.15) is 28.2 Å². The Morgan fingerprint density at radius 2 is 2.33 bits per heavy atom. The van der Waals surface area contributed by atoms with Crippen molar-refractivity contribution in [1.29, 1.82) is 0 Å². The van der Waals surface area contributed by atoms with Gasteiger partial charge in [0.05, 0.1) is 6.26 Å². The van der Waals surface area contributed by atoms with Gasteiger partial charge in [0.2, 0.25) is 0 Å². The van der Waals surface area contributed by atoms with Gasteiger partial charge in [0, 0.05) is 24.4 Å². The van der Waals surface area contributed by atoms with Crippen LogP contribution >= 0.6 is 11.6 Å². The molecule has 0 bridgehead atoms. The zero-order valence-corrected chi connectivity index (χ0v) is 12.5. The lowest BCUT2D eigenvalue weighted by molar-refractivity contribution is 0.0917. The summed E-state index contributed by atoms with van der Waals surface area (Å²) in [6, 6.07) is 6.93. The van der Waals surface area contributed by atoms with Crippen molar-refractivity contribution < 1.29 is 13.9 Å². The Kier molecular flexibility index (Phi) is 5.78. The van der Waals surface area contributed by atoms with E-state index < -0.39 is 0 Å². The number of carbonyl (C=O) groups excluding carboxylic acids is 1. The molecule has 2 aromatic rings. The van der Waals surface area contributed by atoms with Crippen molar-refractivity contribution >= 4 is 17.5 Å². The maximum absolute atomic E-state index is 11.9. The zero-order valence-electron chi connectivity index (χ0n) is 11.8. The number of carbonyl (C=O) groups is 1. The van der Waals surface area contributed by atoms with Gasteiger partial charge in [0.25, 0.3) is 5.91 Å². The molecule has 2 heterocycles. The Labute approximate surface area is 128 Å². The van der Waals surface area contributed by atoms with Gasteiger partial charge < -0.3 is 14.5 Å². The number of halogens is 1. The van der Waals surface area contributed by atoms with Crippen LogP contribution in [-0.2, 0) is 11.3 Å². The average Bonchev–Trinajstić information content (AvgIpc) is 2.94. The predicted molar refractivity (Wildman–Crippen MR) is 79.3 cm³/mol. The normalized spacial score (nSPS) is 10.6. The Morgan fingerprint density at radius 3 is 3.05 bits per heavy atom. The highest BCUT2D eigenvalue weighted by atomic mass is 35.5. The van der Waals surface area contributed by atoms with Crippen molar-refractivity contribution in [3.63, 3.8) is 0 Å². The third-order valence-electron chi connectivity index (χ3n) is 2.76. The number of aromatic nitrogens is 1. The van der Waals surface area contributed by atoms with E-state index in [1.54, 1.807) is 25.3 Å². The molecule has 0 aliphatic heterocycles. The number of hydrogen-bond acceptors (Lipinski definition) is 4. The number of aryl methyl sites for hydroxylation is 1. The third kappa shape index (κ3) is 5.21. The summed E-state index contributed by atoms with van der Waals surface area (Å²) in [4.78, 5) is 15.9. The van der Waals surface area contributed by atoms with Crippen LogP contribution in [-0.4, -0.2) is 24.0 Å². The van der Waals surface area contributed by atoms with Crippen molar-refractivity contribution in [3.05, 3.63) is 52.7 Å². The number of nitrogens with one attached hydrogen (secondary N) is 1. The first-order valence-corrected chi connectivity index (χ1v) is 7.05. The molecular formula is C15H17ClN2O3. The maximum atomic E-state index is 11.9. The summed E-state index contributed by atoms with van der Waals surface area (Å²) in [5.41, 5.74) is 1.23. The zero-order chi connectivity index (χ0) is 15.1. The van der Waals surface area contributed by atoms with Crippen molar-refractivity contribution in [3.8, 4) is 0 Å². The summed E-state index contributed by atoms with van der Waals surface area (Å²) in [5, 5.41) is 3.14. The molecule has 2 aromatic heterocycles. The van der Waals surface area contributed by atoms with Crippen molar-refractivity contribution in [1.82, 2.24) is 10.3 Å². The molecule has 0 unspecified atom stereocenters. The minimum atomic E-state index is -0.159. The molecule has 6 heteroatoms. The number of pyridine rings is 1. The van der Waals surface area contributed by atoms with E-state index in [0.29, 0.717) is 30.5 Å². The summed E-state index contributed by atoms with van der Waals surface area (Å²) >= 11 is 5.83. The van der Waals surface area contributed by atoms with Crippen LogP contribution in [0.25, 0.3) is 0 Å². The molecule has 0 aliphatic rings. The first-order chi connectivity index (χ1) is 10.1. The maximum Gasteiger partial charge on any atom is 0.251 e. The topological polar surface area (TPSA) is 64.4 Å². The van der Waals surface area contributed by atoms with E-state index in [0.717, 1.165) is 17.9 Å². The van der Waals surface area contributed by atoms with Gasteiger partial charge in [-0.05, 0) is 37.6 Å². The van der Waals surface area contributed by atoms with Crippen LogP contribution in [0.5, 0.6) is 0 Å². The molecule has 1 amide bonds. The molecule has 112 valence electrons. The number of amides is 1. The SMILES string of the molecule is Cc1cc(C(=O)NCCCOCc2ccco2)cc(Cl)n1. The van der Waals surface area contributed by atoms with E-state index in [2.05, 4.69) is 10.3 Å². The van der Waals surface area contributed by atoms with Crippen molar-refractivity contribution in [2.24, 2.45) is 0 Å². The largest absolute Gasteiger partial charge is 0.467 e. The lowest BCUT2D eigenvalue weighted by atomic mass is 10.2. The van der Waals surface area contributed by atoms with Gasteiger partial charge in [-0.3, -0.25) is 4.79 Å². The molecule has 0 aliphatic carbocycles. The van der Waals surface area contributed by atoms with E-state index in [9.17, 15) is 4.79 Å². The van der Waals surface area contributed by atoms with Gasteiger partial charge in [0.15, 0.2) is 0 Å². The first kappa shape index (κ1) is 15.5. The van der Waals surface area contributed by atoms with E-state index in [1.807, 2.05) is 12.1 Å². The van der Waals surface area contributed by atoms with Crippen molar-refractivity contribution in [2.75, 3.05) is 13.2 Å². The van der Waals surface area contributed by atoms with Gasteiger partial charge >= 0.3 is 0 Å². The van der Waals surface area contributed by atoms with Crippen LogP contribution in [0.4, 0.5) is 0 Å². The Hall–Kier alpha value is -1.85. The smallest absolute Gasteiger partial charge is 0.251 e. The highest BCUT2D eigenvalue weighted by molar-refractivity contribution is 6.29. The standard InChI is InChI=1S/C15H17ClN2O3/c1-11-8-12(9-14(16)18-11)15(19)17-5-3-6-20-10-13-4-2-7-21-13/h2,4,7-9H,3,5-6,10H2,1H3,(H,17,19). The number of hydrogen-bond donors (Lipinski definition) is 1. The number of nitrogens with zero attached hydrogens (tertiary/aromatic N) is 1. The first-order valence-electron chi connectivity index (χ1n) is 6.67. The molecule has 1 N–H and O–H groups in total. The molecule has 0 saturated carbocycles. The fourth-order valence-corrected chi connectivity index (χ4v) is 2.06. The second-order valence-electron chi connectivity index (χ2n) is 4.56. The predicted octanol–water partition coefficient (Wildman–Crippen LogP) is 2.97. The highest BCUT2D eigenvalue weighted by Gasteiger charge is 2.07. The van der Waals surface area contributed by atoms with E-state index >= 15 is 0 Å². The fraction of sp³-hybridized carbons (Fsp3) is 0.333. The molecule has 0 fully saturated rings. The van der Waals surface area contributed by atoms with Crippen LogP contribution in [0, 0.1) is 6.92 Å². The summed E-state index contributed by atoms with van der Waals surface area (Å²) in [6.07, 6.45) is 2.34. The van der Waals surface area contributed by atoms with E-state index in [1.165, 1.54) is 0 Å². The molecule has 0 saturated heterocycles. The van der Waals surface area contributed by atoms with Crippen LogP contribution in [0.2, 0.25) is 5.15 Å². The van der Waals surface area contributed by atoms with Crippen molar-refractivity contribution in [2.45, 2.75) is 20.0 Å².